The predicted molar refractivity (Wildman–Crippen MR) is 124 cm³/mol. The number of pyridine rings is 1. The van der Waals surface area contributed by atoms with E-state index >= 15 is 0 Å². The van der Waals surface area contributed by atoms with Crippen molar-refractivity contribution in [1.29, 1.82) is 0 Å². The molecule has 1 heterocycles. The van der Waals surface area contributed by atoms with E-state index in [0.29, 0.717) is 6.61 Å². The molecule has 0 radical (unpaired) electrons. The highest BCUT2D eigenvalue weighted by molar-refractivity contribution is 5.88. The van der Waals surface area contributed by atoms with Crippen molar-refractivity contribution in [3.8, 4) is 17.0 Å². The van der Waals surface area contributed by atoms with Crippen LogP contribution in [-0.2, 0) is 9.47 Å². The number of rotatable bonds is 6. The lowest BCUT2D eigenvalue weighted by Gasteiger charge is -2.24. The Hall–Kier alpha value is -3.12. The van der Waals surface area contributed by atoms with Crippen LogP contribution < -0.4 is 9.64 Å². The SMILES string of the molecule is CCOC(C)Oc1ccc2nc(-c3ccc(N(C)C(=O)OC(C)(C)C)cc3)ccc2c1. The fourth-order valence-electron chi connectivity index (χ4n) is 3.09. The summed E-state index contributed by atoms with van der Waals surface area (Å²) in [7, 11) is 1.70. The van der Waals surface area contributed by atoms with Gasteiger partial charge in [0.15, 0.2) is 6.29 Å². The van der Waals surface area contributed by atoms with E-state index in [1.807, 2.05) is 89.2 Å². The zero-order valence-corrected chi connectivity index (χ0v) is 19.0. The number of hydrogen-bond acceptors (Lipinski definition) is 5. The second-order valence-electron chi connectivity index (χ2n) is 8.28. The van der Waals surface area contributed by atoms with Crippen molar-refractivity contribution in [2.24, 2.45) is 0 Å². The van der Waals surface area contributed by atoms with Gasteiger partial charge < -0.3 is 14.2 Å². The van der Waals surface area contributed by atoms with Crippen LogP contribution in [0.1, 0.15) is 34.6 Å². The van der Waals surface area contributed by atoms with E-state index in [4.69, 9.17) is 19.2 Å². The van der Waals surface area contributed by atoms with Crippen molar-refractivity contribution in [3.05, 3.63) is 54.6 Å². The average molecular weight is 423 g/mol. The number of hydrogen-bond donors (Lipinski definition) is 0. The molecule has 2 aromatic carbocycles. The summed E-state index contributed by atoms with van der Waals surface area (Å²) < 4.78 is 16.6. The van der Waals surface area contributed by atoms with Crippen molar-refractivity contribution >= 4 is 22.7 Å². The van der Waals surface area contributed by atoms with E-state index in [1.54, 1.807) is 7.05 Å². The summed E-state index contributed by atoms with van der Waals surface area (Å²) in [6, 6.07) is 17.5. The van der Waals surface area contributed by atoms with Gasteiger partial charge >= 0.3 is 6.09 Å². The maximum Gasteiger partial charge on any atom is 0.414 e. The van der Waals surface area contributed by atoms with Crippen molar-refractivity contribution < 1.29 is 19.0 Å². The maximum absolute atomic E-state index is 12.3. The normalized spacial score (nSPS) is 12.5. The third-order valence-corrected chi connectivity index (χ3v) is 4.58. The maximum atomic E-state index is 12.3. The fourth-order valence-corrected chi connectivity index (χ4v) is 3.09. The second kappa shape index (κ2) is 9.35. The van der Waals surface area contributed by atoms with Gasteiger partial charge in [-0.25, -0.2) is 9.78 Å². The van der Waals surface area contributed by atoms with Crippen LogP contribution in [0.2, 0.25) is 0 Å². The number of amides is 1. The standard InChI is InChI=1S/C25H30N2O4/c1-7-29-17(2)30-21-13-15-23-19(16-21)10-14-22(26-23)18-8-11-20(12-9-18)27(6)24(28)31-25(3,4)5/h8-17H,7H2,1-6H3. The van der Waals surface area contributed by atoms with Gasteiger partial charge in [-0.15, -0.1) is 0 Å². The average Bonchev–Trinajstić information content (AvgIpc) is 2.72. The summed E-state index contributed by atoms with van der Waals surface area (Å²) in [5.41, 5.74) is 2.92. The Bertz CT molecular complexity index is 1040. The summed E-state index contributed by atoms with van der Waals surface area (Å²) in [6.45, 7) is 9.96. The van der Waals surface area contributed by atoms with E-state index in [1.165, 1.54) is 4.90 Å². The number of aromatic nitrogens is 1. The summed E-state index contributed by atoms with van der Waals surface area (Å²) in [4.78, 5) is 18.5. The second-order valence-corrected chi connectivity index (χ2v) is 8.28. The first kappa shape index (κ1) is 22.6. The first-order chi connectivity index (χ1) is 14.7. The van der Waals surface area contributed by atoms with Crippen molar-refractivity contribution in [3.63, 3.8) is 0 Å². The first-order valence-electron chi connectivity index (χ1n) is 10.4. The van der Waals surface area contributed by atoms with Gasteiger partial charge in [0.2, 0.25) is 0 Å². The van der Waals surface area contributed by atoms with Gasteiger partial charge in [-0.3, -0.25) is 4.90 Å². The van der Waals surface area contributed by atoms with Crippen LogP contribution in [-0.4, -0.2) is 36.6 Å². The summed E-state index contributed by atoms with van der Waals surface area (Å²) in [5.74, 6) is 0.748. The van der Waals surface area contributed by atoms with Gasteiger partial charge in [0.1, 0.15) is 11.4 Å². The molecule has 164 valence electrons. The highest BCUT2D eigenvalue weighted by atomic mass is 16.7. The number of benzene rings is 2. The molecule has 1 aromatic heterocycles. The molecular formula is C25H30N2O4. The Morgan fingerprint density at radius 1 is 1.06 bits per heavy atom. The van der Waals surface area contributed by atoms with Gasteiger partial charge in [-0.05, 0) is 71.0 Å². The quantitative estimate of drug-likeness (QED) is 0.454. The number of anilines is 1. The van der Waals surface area contributed by atoms with Crippen LogP contribution in [0, 0.1) is 0 Å². The third-order valence-electron chi connectivity index (χ3n) is 4.58. The molecule has 3 rings (SSSR count). The molecule has 0 aliphatic heterocycles. The Morgan fingerprint density at radius 3 is 2.42 bits per heavy atom. The number of carbonyl (C=O) groups is 1. The molecule has 0 aliphatic carbocycles. The largest absolute Gasteiger partial charge is 0.465 e. The Kier molecular flexibility index (Phi) is 6.81. The molecule has 6 heteroatoms. The minimum atomic E-state index is -0.535. The van der Waals surface area contributed by atoms with Crippen LogP contribution in [0.15, 0.2) is 54.6 Å². The van der Waals surface area contributed by atoms with E-state index < -0.39 is 5.60 Å². The monoisotopic (exact) mass is 422 g/mol. The first-order valence-corrected chi connectivity index (χ1v) is 10.4. The van der Waals surface area contributed by atoms with E-state index in [2.05, 4.69) is 0 Å². The molecule has 0 bridgehead atoms. The highest BCUT2D eigenvalue weighted by Crippen LogP contribution is 2.26. The van der Waals surface area contributed by atoms with E-state index in [9.17, 15) is 4.79 Å². The Morgan fingerprint density at radius 2 is 1.77 bits per heavy atom. The lowest BCUT2D eigenvalue weighted by Crippen LogP contribution is -2.34. The van der Waals surface area contributed by atoms with Gasteiger partial charge in [-0.1, -0.05) is 18.2 Å². The molecule has 0 saturated carbocycles. The zero-order chi connectivity index (χ0) is 22.6. The van der Waals surface area contributed by atoms with Crippen LogP contribution in [0.4, 0.5) is 10.5 Å². The zero-order valence-electron chi connectivity index (χ0n) is 19.0. The molecule has 3 aromatic rings. The van der Waals surface area contributed by atoms with Gasteiger partial charge in [0, 0.05) is 30.3 Å². The summed E-state index contributed by atoms with van der Waals surface area (Å²) >= 11 is 0. The Balaban J connectivity index is 1.76. The molecule has 6 nitrogen and oxygen atoms in total. The lowest BCUT2D eigenvalue weighted by molar-refractivity contribution is -0.0612. The molecule has 0 fully saturated rings. The van der Waals surface area contributed by atoms with Crippen LogP contribution in [0.25, 0.3) is 22.2 Å². The van der Waals surface area contributed by atoms with Crippen molar-refractivity contribution in [2.75, 3.05) is 18.6 Å². The summed E-state index contributed by atoms with van der Waals surface area (Å²) in [5, 5.41) is 0.992. The number of nitrogens with zero attached hydrogens (tertiary/aromatic N) is 2. The minimum absolute atomic E-state index is 0.299. The third kappa shape index (κ3) is 5.95. The molecular weight excluding hydrogens is 392 g/mol. The molecule has 0 saturated heterocycles. The van der Waals surface area contributed by atoms with Gasteiger partial charge in [0.25, 0.3) is 0 Å². The molecule has 1 unspecified atom stereocenters. The number of carbonyl (C=O) groups excluding carboxylic acids is 1. The number of fused-ring (bicyclic) bond motifs is 1. The van der Waals surface area contributed by atoms with Crippen LogP contribution in [0.5, 0.6) is 5.75 Å². The highest BCUT2D eigenvalue weighted by Gasteiger charge is 2.20. The molecule has 0 aliphatic rings. The summed E-state index contributed by atoms with van der Waals surface area (Å²) in [6.07, 6.45) is -0.687. The van der Waals surface area contributed by atoms with Crippen LogP contribution in [0.3, 0.4) is 0 Å². The van der Waals surface area contributed by atoms with E-state index in [0.717, 1.165) is 33.6 Å². The molecule has 0 N–H and O–H groups in total. The minimum Gasteiger partial charge on any atom is -0.465 e. The van der Waals surface area contributed by atoms with Crippen LogP contribution >= 0.6 is 0 Å². The van der Waals surface area contributed by atoms with Gasteiger partial charge in [0.05, 0.1) is 11.2 Å². The molecule has 1 atom stereocenters. The smallest absolute Gasteiger partial charge is 0.414 e. The molecule has 0 spiro atoms. The van der Waals surface area contributed by atoms with E-state index in [-0.39, 0.29) is 12.4 Å². The Labute approximate surface area is 183 Å². The lowest BCUT2D eigenvalue weighted by atomic mass is 10.1. The molecule has 1 amide bonds. The van der Waals surface area contributed by atoms with Crippen molar-refractivity contribution in [1.82, 2.24) is 4.98 Å². The molecule has 31 heavy (non-hydrogen) atoms. The van der Waals surface area contributed by atoms with Crippen molar-refractivity contribution in [2.45, 2.75) is 46.5 Å². The topological polar surface area (TPSA) is 60.9 Å². The fraction of sp³-hybridized carbons (Fsp3) is 0.360. The number of ether oxygens (including phenoxy) is 3. The van der Waals surface area contributed by atoms with Gasteiger partial charge in [-0.2, -0.15) is 0 Å². The predicted octanol–water partition coefficient (Wildman–Crippen LogP) is 6.03.